The summed E-state index contributed by atoms with van der Waals surface area (Å²) in [6.45, 7) is 1.19. The van der Waals surface area contributed by atoms with Crippen molar-refractivity contribution in [2.45, 2.75) is 31.8 Å². The van der Waals surface area contributed by atoms with Crippen molar-refractivity contribution in [1.82, 2.24) is 10.2 Å². The third-order valence-electron chi connectivity index (χ3n) is 3.84. The van der Waals surface area contributed by atoms with Crippen molar-refractivity contribution in [2.24, 2.45) is 0 Å². The van der Waals surface area contributed by atoms with Gasteiger partial charge in [-0.3, -0.25) is 9.59 Å². The smallest absolute Gasteiger partial charge is 0.255 e. The van der Waals surface area contributed by atoms with Crippen LogP contribution in [0.4, 0.5) is 5.69 Å². The van der Waals surface area contributed by atoms with Crippen LogP contribution in [0.3, 0.4) is 0 Å². The Bertz CT molecular complexity index is 541. The third-order valence-corrected chi connectivity index (χ3v) is 3.84. The average Bonchev–Trinajstić information content (AvgIpc) is 2.57. The molecule has 2 aliphatic rings. The topological polar surface area (TPSA) is 75.4 Å². The minimum Gasteiger partial charge on any atom is -0.399 e. The largest absolute Gasteiger partial charge is 0.399 e. The lowest BCUT2D eigenvalue weighted by Crippen LogP contribution is -2.45. The van der Waals surface area contributed by atoms with Gasteiger partial charge in [-0.2, -0.15) is 0 Å². The van der Waals surface area contributed by atoms with Gasteiger partial charge in [0.2, 0.25) is 5.91 Å². The van der Waals surface area contributed by atoms with Crippen molar-refractivity contribution < 1.29 is 9.59 Å². The number of nitrogens with two attached hydrogens (primary N) is 1. The zero-order valence-electron chi connectivity index (χ0n) is 10.7. The predicted molar refractivity (Wildman–Crippen MR) is 71.4 cm³/mol. The van der Waals surface area contributed by atoms with E-state index in [2.05, 4.69) is 5.32 Å². The Labute approximate surface area is 111 Å². The molecule has 1 aromatic carbocycles. The first-order chi connectivity index (χ1) is 9.16. The second-order valence-corrected chi connectivity index (χ2v) is 5.15. The molecular weight excluding hydrogens is 242 g/mol. The standard InChI is InChI=1S/C14H17N3O2/c15-10-4-5-11-9(7-10)8-17(14(11)19)12-3-1-2-6-16-13(12)18/h4-5,7,12H,1-3,6,8,15H2,(H,16,18)/t12-/m0/s1. The third kappa shape index (κ3) is 2.05. The van der Waals surface area contributed by atoms with Crippen molar-refractivity contribution in [3.63, 3.8) is 0 Å². The minimum absolute atomic E-state index is 0.0355. The first-order valence-corrected chi connectivity index (χ1v) is 6.64. The van der Waals surface area contributed by atoms with Crippen molar-refractivity contribution in [2.75, 3.05) is 12.3 Å². The zero-order chi connectivity index (χ0) is 13.4. The molecule has 1 fully saturated rings. The van der Waals surface area contributed by atoms with Gasteiger partial charge in [-0.25, -0.2) is 0 Å². The zero-order valence-corrected chi connectivity index (χ0v) is 10.7. The molecule has 2 heterocycles. The number of nitrogens with zero attached hydrogens (tertiary/aromatic N) is 1. The highest BCUT2D eigenvalue weighted by molar-refractivity contribution is 6.01. The van der Waals surface area contributed by atoms with Gasteiger partial charge in [0.25, 0.3) is 5.91 Å². The molecule has 1 saturated heterocycles. The van der Waals surface area contributed by atoms with Gasteiger partial charge < -0.3 is 16.0 Å². The Morgan fingerprint density at radius 3 is 2.95 bits per heavy atom. The number of hydrogen-bond donors (Lipinski definition) is 2. The summed E-state index contributed by atoms with van der Waals surface area (Å²) in [5.74, 6) is -0.0938. The Kier molecular flexibility index (Phi) is 2.89. The number of fused-ring (bicyclic) bond motifs is 1. The van der Waals surface area contributed by atoms with Gasteiger partial charge in [0.1, 0.15) is 6.04 Å². The molecule has 2 aliphatic heterocycles. The molecular formula is C14H17N3O2. The summed E-state index contributed by atoms with van der Waals surface area (Å²) < 4.78 is 0. The van der Waals surface area contributed by atoms with Crippen LogP contribution in [0.1, 0.15) is 35.2 Å². The predicted octanol–water partition coefficient (Wildman–Crippen LogP) is 0.893. The highest BCUT2D eigenvalue weighted by Crippen LogP contribution is 2.28. The molecule has 0 aromatic heterocycles. The van der Waals surface area contributed by atoms with Crippen LogP contribution in [0, 0.1) is 0 Å². The number of hydrogen-bond acceptors (Lipinski definition) is 3. The number of carbonyl (C=O) groups excluding carboxylic acids is 2. The monoisotopic (exact) mass is 259 g/mol. The summed E-state index contributed by atoms with van der Waals surface area (Å²) in [7, 11) is 0. The summed E-state index contributed by atoms with van der Waals surface area (Å²) in [6, 6.07) is 4.96. The number of anilines is 1. The van der Waals surface area contributed by atoms with Gasteiger partial charge in [0.05, 0.1) is 0 Å². The molecule has 1 atom stereocenters. The fourth-order valence-electron chi connectivity index (χ4n) is 2.84. The van der Waals surface area contributed by atoms with E-state index in [-0.39, 0.29) is 17.9 Å². The number of rotatable bonds is 1. The molecule has 100 valence electrons. The van der Waals surface area contributed by atoms with Gasteiger partial charge in [0.15, 0.2) is 0 Å². The lowest BCUT2D eigenvalue weighted by atomic mass is 10.1. The van der Waals surface area contributed by atoms with Gasteiger partial charge in [0, 0.05) is 24.3 Å². The van der Waals surface area contributed by atoms with Crippen LogP contribution in [-0.2, 0) is 11.3 Å². The molecule has 0 unspecified atom stereocenters. The summed E-state index contributed by atoms with van der Waals surface area (Å²) in [5, 5.41) is 2.87. The number of amides is 2. The van der Waals surface area contributed by atoms with Crippen LogP contribution in [0.5, 0.6) is 0 Å². The fraction of sp³-hybridized carbons (Fsp3) is 0.429. The first kappa shape index (κ1) is 12.0. The fourth-order valence-corrected chi connectivity index (χ4v) is 2.84. The molecule has 3 N–H and O–H groups in total. The maximum Gasteiger partial charge on any atom is 0.255 e. The Hall–Kier alpha value is -2.04. The minimum atomic E-state index is -0.344. The molecule has 0 spiro atoms. The molecule has 0 saturated carbocycles. The lowest BCUT2D eigenvalue weighted by molar-refractivity contribution is -0.125. The second kappa shape index (κ2) is 4.57. The first-order valence-electron chi connectivity index (χ1n) is 6.64. The van der Waals surface area contributed by atoms with Crippen LogP contribution < -0.4 is 11.1 Å². The van der Waals surface area contributed by atoms with Crippen LogP contribution in [0.2, 0.25) is 0 Å². The number of nitrogen functional groups attached to an aromatic ring is 1. The molecule has 0 radical (unpaired) electrons. The second-order valence-electron chi connectivity index (χ2n) is 5.15. The van der Waals surface area contributed by atoms with E-state index in [9.17, 15) is 9.59 Å². The van der Waals surface area contributed by atoms with E-state index in [1.807, 2.05) is 6.07 Å². The van der Waals surface area contributed by atoms with E-state index < -0.39 is 0 Å². The van der Waals surface area contributed by atoms with Crippen molar-refractivity contribution in [3.05, 3.63) is 29.3 Å². The number of nitrogens with one attached hydrogen (secondary N) is 1. The van der Waals surface area contributed by atoms with Crippen LogP contribution in [0.25, 0.3) is 0 Å². The Morgan fingerprint density at radius 1 is 1.26 bits per heavy atom. The maximum atomic E-state index is 12.4. The molecule has 5 nitrogen and oxygen atoms in total. The van der Waals surface area contributed by atoms with Crippen molar-refractivity contribution in [3.8, 4) is 0 Å². The van der Waals surface area contributed by atoms with Gasteiger partial charge in [-0.1, -0.05) is 0 Å². The summed E-state index contributed by atoms with van der Waals surface area (Å²) in [6.07, 6.45) is 2.68. The van der Waals surface area contributed by atoms with E-state index in [0.717, 1.165) is 24.8 Å². The van der Waals surface area contributed by atoms with Gasteiger partial charge >= 0.3 is 0 Å². The summed E-state index contributed by atoms with van der Waals surface area (Å²) in [4.78, 5) is 26.1. The van der Waals surface area contributed by atoms with Crippen LogP contribution in [-0.4, -0.2) is 29.3 Å². The van der Waals surface area contributed by atoms with Gasteiger partial charge in [-0.05, 0) is 43.0 Å². The molecule has 0 aliphatic carbocycles. The van der Waals surface area contributed by atoms with Crippen molar-refractivity contribution >= 4 is 17.5 Å². The highest BCUT2D eigenvalue weighted by atomic mass is 16.2. The Morgan fingerprint density at radius 2 is 2.11 bits per heavy atom. The highest BCUT2D eigenvalue weighted by Gasteiger charge is 2.36. The number of carbonyl (C=O) groups is 2. The van der Waals surface area contributed by atoms with Crippen LogP contribution in [0.15, 0.2) is 18.2 Å². The van der Waals surface area contributed by atoms with Crippen LogP contribution >= 0.6 is 0 Å². The van der Waals surface area contributed by atoms with E-state index in [0.29, 0.717) is 24.3 Å². The van der Waals surface area contributed by atoms with E-state index in [4.69, 9.17) is 5.73 Å². The normalized spacial score (nSPS) is 22.9. The summed E-state index contributed by atoms with van der Waals surface area (Å²) >= 11 is 0. The van der Waals surface area contributed by atoms with E-state index in [1.165, 1.54) is 0 Å². The molecule has 2 amide bonds. The molecule has 1 aromatic rings. The average molecular weight is 259 g/mol. The Balaban J connectivity index is 1.88. The van der Waals surface area contributed by atoms with E-state index >= 15 is 0 Å². The molecule has 5 heteroatoms. The van der Waals surface area contributed by atoms with E-state index in [1.54, 1.807) is 17.0 Å². The molecule has 0 bridgehead atoms. The maximum absolute atomic E-state index is 12.4. The molecule has 19 heavy (non-hydrogen) atoms. The van der Waals surface area contributed by atoms with Crippen molar-refractivity contribution in [1.29, 1.82) is 0 Å². The molecule has 3 rings (SSSR count). The quantitative estimate of drug-likeness (QED) is 0.736. The lowest BCUT2D eigenvalue weighted by Gasteiger charge is -2.25. The SMILES string of the molecule is Nc1ccc2c(c1)CN([C@H]1CCCCNC1=O)C2=O. The summed E-state index contributed by atoms with van der Waals surface area (Å²) in [5.41, 5.74) is 7.99. The number of benzene rings is 1. The van der Waals surface area contributed by atoms with Gasteiger partial charge in [-0.15, -0.1) is 0 Å².